The number of ether oxygens (including phenoxy) is 1. The summed E-state index contributed by atoms with van der Waals surface area (Å²) in [5.74, 6) is -0.639. The van der Waals surface area contributed by atoms with Crippen LogP contribution in [0.4, 0.5) is 0 Å². The van der Waals surface area contributed by atoms with Gasteiger partial charge in [-0.25, -0.2) is 17.9 Å². The summed E-state index contributed by atoms with van der Waals surface area (Å²) < 4.78 is 32.4. The number of nitrogens with one attached hydrogen (secondary N) is 1. The molecular weight excluding hydrogens is 385 g/mol. The Hall–Kier alpha value is -1.60. The van der Waals surface area contributed by atoms with E-state index in [4.69, 9.17) is 27.9 Å². The molecule has 0 amide bonds. The van der Waals surface area contributed by atoms with Crippen molar-refractivity contribution in [1.82, 2.24) is 4.72 Å². The second kappa shape index (κ2) is 7.33. The van der Waals surface area contributed by atoms with E-state index in [0.29, 0.717) is 5.02 Å². The van der Waals surface area contributed by atoms with E-state index in [0.717, 1.165) is 18.4 Å². The Morgan fingerprint density at radius 1 is 1.16 bits per heavy atom. The van der Waals surface area contributed by atoms with Crippen molar-refractivity contribution in [2.75, 3.05) is 0 Å². The van der Waals surface area contributed by atoms with Crippen LogP contribution in [-0.4, -0.2) is 20.4 Å². The molecule has 0 saturated heterocycles. The zero-order valence-corrected chi connectivity index (χ0v) is 15.4. The Bertz CT molecular complexity index is 911. The van der Waals surface area contributed by atoms with Gasteiger partial charge in [-0.15, -0.1) is 0 Å². The maximum Gasteiger partial charge on any atom is 0.338 e. The average molecular weight is 400 g/mol. The lowest BCUT2D eigenvalue weighted by molar-refractivity contribution is 0.0472. The monoisotopic (exact) mass is 399 g/mol. The van der Waals surface area contributed by atoms with Gasteiger partial charge in [-0.2, -0.15) is 0 Å². The first-order chi connectivity index (χ1) is 11.8. The van der Waals surface area contributed by atoms with Gasteiger partial charge >= 0.3 is 5.97 Å². The standard InChI is InChI=1S/C17H15Cl2NO4S/c18-13-3-1-2-11(8-13)10-24-17(21)12-4-7-15(19)16(9-12)25(22,23)20-14-5-6-14/h1-4,7-9,14,20H,5-6,10H2. The molecule has 2 aromatic rings. The molecule has 25 heavy (non-hydrogen) atoms. The van der Waals surface area contributed by atoms with Crippen LogP contribution in [0.2, 0.25) is 10.0 Å². The van der Waals surface area contributed by atoms with Crippen molar-refractivity contribution in [3.05, 3.63) is 63.6 Å². The second-order valence-electron chi connectivity index (χ2n) is 5.75. The van der Waals surface area contributed by atoms with Crippen molar-refractivity contribution in [2.24, 2.45) is 0 Å². The quantitative estimate of drug-likeness (QED) is 0.749. The molecule has 0 atom stereocenters. The lowest BCUT2D eigenvalue weighted by Crippen LogP contribution is -2.26. The van der Waals surface area contributed by atoms with Gasteiger partial charge in [0.1, 0.15) is 11.5 Å². The van der Waals surface area contributed by atoms with Gasteiger partial charge in [0.2, 0.25) is 10.0 Å². The predicted molar refractivity (Wildman–Crippen MR) is 95.4 cm³/mol. The highest BCUT2D eigenvalue weighted by Crippen LogP contribution is 2.27. The van der Waals surface area contributed by atoms with Crippen LogP contribution < -0.4 is 4.72 Å². The van der Waals surface area contributed by atoms with Gasteiger partial charge in [0.05, 0.1) is 10.6 Å². The van der Waals surface area contributed by atoms with E-state index in [1.165, 1.54) is 18.2 Å². The molecule has 132 valence electrons. The molecule has 8 heteroatoms. The summed E-state index contributed by atoms with van der Waals surface area (Å²) in [6.07, 6.45) is 1.61. The van der Waals surface area contributed by atoms with Crippen molar-refractivity contribution < 1.29 is 17.9 Å². The number of rotatable bonds is 6. The van der Waals surface area contributed by atoms with Crippen LogP contribution in [0.5, 0.6) is 0 Å². The van der Waals surface area contributed by atoms with Crippen LogP contribution in [0.15, 0.2) is 47.4 Å². The third-order valence-corrected chi connectivity index (χ3v) is 5.85. The summed E-state index contributed by atoms with van der Waals surface area (Å²) in [5.41, 5.74) is 0.848. The number of hydrogen-bond donors (Lipinski definition) is 1. The van der Waals surface area contributed by atoms with E-state index in [9.17, 15) is 13.2 Å². The Balaban J connectivity index is 1.75. The Morgan fingerprint density at radius 2 is 1.92 bits per heavy atom. The molecule has 1 aliphatic rings. The number of esters is 1. The second-order valence-corrected chi connectivity index (χ2v) is 8.27. The molecule has 1 aliphatic carbocycles. The predicted octanol–water partition coefficient (Wildman–Crippen LogP) is 3.79. The van der Waals surface area contributed by atoms with E-state index in [-0.39, 0.29) is 28.1 Å². The third-order valence-electron chi connectivity index (χ3n) is 3.61. The van der Waals surface area contributed by atoms with E-state index in [2.05, 4.69) is 4.72 Å². The summed E-state index contributed by atoms with van der Waals surface area (Å²) in [6.45, 7) is 0.0322. The van der Waals surface area contributed by atoms with E-state index >= 15 is 0 Å². The van der Waals surface area contributed by atoms with Gasteiger partial charge in [0.25, 0.3) is 0 Å². The zero-order valence-electron chi connectivity index (χ0n) is 13.0. The van der Waals surface area contributed by atoms with Gasteiger partial charge in [-0.3, -0.25) is 0 Å². The van der Waals surface area contributed by atoms with Crippen LogP contribution in [0, 0.1) is 0 Å². The molecule has 3 rings (SSSR count). The number of benzene rings is 2. The lowest BCUT2D eigenvalue weighted by Gasteiger charge is -2.10. The third kappa shape index (κ3) is 4.73. The molecule has 0 aliphatic heterocycles. The van der Waals surface area contributed by atoms with E-state index in [1.807, 2.05) is 0 Å². The number of hydrogen-bond acceptors (Lipinski definition) is 4. The molecule has 5 nitrogen and oxygen atoms in total. The van der Waals surface area contributed by atoms with Crippen molar-refractivity contribution in [1.29, 1.82) is 0 Å². The molecule has 0 bridgehead atoms. The van der Waals surface area contributed by atoms with Gasteiger partial charge in [0, 0.05) is 11.1 Å². The maximum absolute atomic E-state index is 12.3. The first-order valence-corrected chi connectivity index (χ1v) is 9.82. The van der Waals surface area contributed by atoms with Crippen LogP contribution in [0.1, 0.15) is 28.8 Å². The van der Waals surface area contributed by atoms with Crippen LogP contribution in [0.25, 0.3) is 0 Å². The number of sulfonamides is 1. The molecule has 0 heterocycles. The molecule has 0 aromatic heterocycles. The molecule has 1 saturated carbocycles. The Kier molecular flexibility index (Phi) is 5.34. The molecule has 1 N–H and O–H groups in total. The summed E-state index contributed by atoms with van der Waals surface area (Å²) in [6, 6.07) is 10.9. The minimum absolute atomic E-state index is 0.0322. The largest absolute Gasteiger partial charge is 0.457 e. The van der Waals surface area contributed by atoms with Gasteiger partial charge in [-0.1, -0.05) is 35.3 Å². The van der Waals surface area contributed by atoms with Crippen LogP contribution in [-0.2, 0) is 21.4 Å². The molecule has 0 spiro atoms. The van der Waals surface area contributed by atoms with Crippen molar-refractivity contribution in [3.8, 4) is 0 Å². The first kappa shape index (κ1) is 18.2. The average Bonchev–Trinajstić information content (AvgIpc) is 3.36. The fourth-order valence-electron chi connectivity index (χ4n) is 2.18. The zero-order chi connectivity index (χ0) is 18.0. The molecular formula is C17H15Cl2NO4S. The fourth-order valence-corrected chi connectivity index (χ4v) is 4.22. The number of halogens is 2. The molecule has 0 unspecified atom stereocenters. The summed E-state index contributed by atoms with van der Waals surface area (Å²) in [7, 11) is -3.76. The summed E-state index contributed by atoms with van der Waals surface area (Å²) in [4.78, 5) is 12.1. The normalized spacial score (nSPS) is 14.3. The van der Waals surface area contributed by atoms with Crippen molar-refractivity contribution in [3.63, 3.8) is 0 Å². The SMILES string of the molecule is O=C(OCc1cccc(Cl)c1)c1ccc(Cl)c(S(=O)(=O)NC2CC2)c1. The molecule has 2 aromatic carbocycles. The minimum Gasteiger partial charge on any atom is -0.457 e. The number of carbonyl (C=O) groups excluding carboxylic acids is 1. The smallest absolute Gasteiger partial charge is 0.338 e. The van der Waals surface area contributed by atoms with Crippen LogP contribution in [0.3, 0.4) is 0 Å². The van der Waals surface area contributed by atoms with Crippen molar-refractivity contribution >= 4 is 39.2 Å². The highest BCUT2D eigenvalue weighted by molar-refractivity contribution is 7.89. The first-order valence-electron chi connectivity index (χ1n) is 7.58. The topological polar surface area (TPSA) is 72.5 Å². The van der Waals surface area contributed by atoms with Gasteiger partial charge in [0.15, 0.2) is 0 Å². The van der Waals surface area contributed by atoms with Gasteiger partial charge in [-0.05, 0) is 48.7 Å². The highest BCUT2D eigenvalue weighted by Gasteiger charge is 2.29. The van der Waals surface area contributed by atoms with E-state index in [1.54, 1.807) is 24.3 Å². The van der Waals surface area contributed by atoms with Crippen molar-refractivity contribution in [2.45, 2.75) is 30.4 Å². The minimum atomic E-state index is -3.76. The van der Waals surface area contributed by atoms with Gasteiger partial charge < -0.3 is 4.74 Å². The molecule has 0 radical (unpaired) electrons. The van der Waals surface area contributed by atoms with Crippen LogP contribution >= 0.6 is 23.2 Å². The van der Waals surface area contributed by atoms with E-state index < -0.39 is 16.0 Å². The number of carbonyl (C=O) groups is 1. The lowest BCUT2D eigenvalue weighted by atomic mass is 10.2. The molecule has 1 fully saturated rings. The Labute approximate surface area is 155 Å². The summed E-state index contributed by atoms with van der Waals surface area (Å²) >= 11 is 11.9. The fraction of sp³-hybridized carbons (Fsp3) is 0.235. The Morgan fingerprint density at radius 3 is 2.60 bits per heavy atom. The maximum atomic E-state index is 12.3. The summed E-state index contributed by atoms with van der Waals surface area (Å²) in [5, 5.41) is 0.596. The highest BCUT2D eigenvalue weighted by atomic mass is 35.5.